The van der Waals surface area contributed by atoms with E-state index >= 15 is 0 Å². The van der Waals surface area contributed by atoms with Gasteiger partial charge in [0.2, 0.25) is 5.91 Å². The molecule has 1 aliphatic rings. The molecule has 0 aliphatic heterocycles. The molecule has 0 aromatic carbocycles. The van der Waals surface area contributed by atoms with Crippen molar-refractivity contribution in [1.82, 2.24) is 5.32 Å². The Morgan fingerprint density at radius 3 is 2.67 bits per heavy atom. The number of rotatable bonds is 6. The van der Waals surface area contributed by atoms with Gasteiger partial charge in [-0.05, 0) is 19.3 Å². The number of ether oxygens (including phenoxy) is 1. The van der Waals surface area contributed by atoms with Crippen LogP contribution in [0.5, 0.6) is 0 Å². The van der Waals surface area contributed by atoms with Crippen molar-refractivity contribution in [2.75, 3.05) is 7.05 Å². The molecule has 1 amide bonds. The largest absolute Gasteiger partial charge is 0.374 e. The van der Waals surface area contributed by atoms with Gasteiger partial charge in [0.15, 0.2) is 0 Å². The lowest BCUT2D eigenvalue weighted by atomic mass is 10.1. The van der Waals surface area contributed by atoms with Gasteiger partial charge < -0.3 is 10.1 Å². The second kappa shape index (κ2) is 6.83. The summed E-state index contributed by atoms with van der Waals surface area (Å²) in [6.07, 6.45) is 8.03. The molecule has 1 atom stereocenters. The van der Waals surface area contributed by atoms with Crippen LogP contribution in [0.4, 0.5) is 0 Å². The van der Waals surface area contributed by atoms with Gasteiger partial charge in [-0.2, -0.15) is 0 Å². The molecule has 15 heavy (non-hydrogen) atoms. The molecule has 0 radical (unpaired) electrons. The number of carbonyl (C=O) groups excluding carboxylic acids is 1. The first kappa shape index (κ1) is 12.5. The molecule has 0 heterocycles. The van der Waals surface area contributed by atoms with Crippen molar-refractivity contribution in [1.29, 1.82) is 0 Å². The van der Waals surface area contributed by atoms with Crippen molar-refractivity contribution >= 4 is 5.91 Å². The van der Waals surface area contributed by atoms with Crippen molar-refractivity contribution in [3.63, 3.8) is 0 Å². The maximum atomic E-state index is 11.3. The first-order valence-corrected chi connectivity index (χ1v) is 6.12. The molecule has 3 heteroatoms. The number of nitrogens with one attached hydrogen (secondary N) is 1. The molecule has 0 spiro atoms. The Morgan fingerprint density at radius 1 is 1.47 bits per heavy atom. The molecular formula is C12H23NO2. The lowest BCUT2D eigenvalue weighted by molar-refractivity contribution is -0.124. The van der Waals surface area contributed by atoms with Gasteiger partial charge in [-0.3, -0.25) is 4.79 Å². The highest BCUT2D eigenvalue weighted by molar-refractivity contribution is 5.76. The molecular weight excluding hydrogens is 190 g/mol. The summed E-state index contributed by atoms with van der Waals surface area (Å²) in [4.78, 5) is 11.3. The topological polar surface area (TPSA) is 38.3 Å². The normalized spacial score (nSPS) is 19.1. The van der Waals surface area contributed by atoms with Crippen molar-refractivity contribution in [2.24, 2.45) is 0 Å². The number of amides is 1. The molecule has 88 valence electrons. The van der Waals surface area contributed by atoms with Crippen LogP contribution in [0.2, 0.25) is 0 Å². The Bertz CT molecular complexity index is 188. The second-order valence-corrected chi connectivity index (χ2v) is 4.33. The van der Waals surface area contributed by atoms with Crippen molar-refractivity contribution < 1.29 is 9.53 Å². The van der Waals surface area contributed by atoms with E-state index in [0.717, 1.165) is 12.8 Å². The molecule has 1 N–H and O–H groups in total. The lowest BCUT2D eigenvalue weighted by Gasteiger charge is -2.21. The second-order valence-electron chi connectivity index (χ2n) is 4.33. The summed E-state index contributed by atoms with van der Waals surface area (Å²) in [5.41, 5.74) is 0. The summed E-state index contributed by atoms with van der Waals surface area (Å²) in [6.45, 7) is 2.13. The molecule has 0 saturated heterocycles. The molecule has 3 nitrogen and oxygen atoms in total. The van der Waals surface area contributed by atoms with Crippen LogP contribution in [0.3, 0.4) is 0 Å². The predicted molar refractivity (Wildman–Crippen MR) is 60.7 cm³/mol. The highest BCUT2D eigenvalue weighted by Crippen LogP contribution is 2.24. The van der Waals surface area contributed by atoms with Crippen LogP contribution in [0.15, 0.2) is 0 Å². The van der Waals surface area contributed by atoms with E-state index in [0.29, 0.717) is 12.5 Å². The van der Waals surface area contributed by atoms with Crippen LogP contribution in [0, 0.1) is 0 Å². The summed E-state index contributed by atoms with van der Waals surface area (Å²) in [6, 6.07) is 0. The van der Waals surface area contributed by atoms with Gasteiger partial charge in [-0.25, -0.2) is 0 Å². The van der Waals surface area contributed by atoms with E-state index in [1.165, 1.54) is 25.7 Å². The Kier molecular flexibility index (Phi) is 5.69. The number of hydrogen-bond donors (Lipinski definition) is 1. The lowest BCUT2D eigenvalue weighted by Crippen LogP contribution is -2.28. The maximum absolute atomic E-state index is 11.3. The van der Waals surface area contributed by atoms with E-state index in [9.17, 15) is 4.79 Å². The van der Waals surface area contributed by atoms with Crippen LogP contribution in [0.25, 0.3) is 0 Å². The van der Waals surface area contributed by atoms with Gasteiger partial charge in [-0.1, -0.05) is 26.2 Å². The van der Waals surface area contributed by atoms with E-state index in [1.807, 2.05) is 0 Å². The third-order valence-corrected chi connectivity index (χ3v) is 2.99. The molecule has 0 bridgehead atoms. The van der Waals surface area contributed by atoms with Crippen molar-refractivity contribution in [2.45, 2.75) is 64.1 Å². The quantitative estimate of drug-likeness (QED) is 0.735. The molecule has 1 fully saturated rings. The van der Waals surface area contributed by atoms with Gasteiger partial charge in [0.25, 0.3) is 0 Å². The van der Waals surface area contributed by atoms with Crippen LogP contribution in [0.1, 0.15) is 51.9 Å². The molecule has 1 rings (SSSR count). The zero-order valence-corrected chi connectivity index (χ0v) is 9.92. The van der Waals surface area contributed by atoms with Crippen molar-refractivity contribution in [3.05, 3.63) is 0 Å². The van der Waals surface area contributed by atoms with E-state index in [1.54, 1.807) is 7.05 Å². The SMILES string of the molecule is CCCC(CC(=O)NC)OC1CCCC1. The van der Waals surface area contributed by atoms with Gasteiger partial charge in [0, 0.05) is 7.05 Å². The smallest absolute Gasteiger partial charge is 0.222 e. The highest BCUT2D eigenvalue weighted by Gasteiger charge is 2.21. The summed E-state index contributed by atoms with van der Waals surface area (Å²) < 4.78 is 5.96. The Labute approximate surface area is 92.6 Å². The first-order valence-electron chi connectivity index (χ1n) is 6.12. The number of hydrogen-bond acceptors (Lipinski definition) is 2. The average molecular weight is 213 g/mol. The van der Waals surface area contributed by atoms with Crippen LogP contribution in [-0.2, 0) is 9.53 Å². The first-order chi connectivity index (χ1) is 7.26. The zero-order valence-electron chi connectivity index (χ0n) is 9.92. The predicted octanol–water partition coefficient (Wildman–Crippen LogP) is 2.25. The highest BCUT2D eigenvalue weighted by atomic mass is 16.5. The third kappa shape index (κ3) is 4.65. The summed E-state index contributed by atoms with van der Waals surface area (Å²) in [5, 5.41) is 2.66. The minimum Gasteiger partial charge on any atom is -0.374 e. The molecule has 0 aromatic heterocycles. The van der Waals surface area contributed by atoms with E-state index in [-0.39, 0.29) is 12.0 Å². The Balaban J connectivity index is 2.31. The van der Waals surface area contributed by atoms with Crippen LogP contribution >= 0.6 is 0 Å². The molecule has 0 aromatic rings. The van der Waals surface area contributed by atoms with Gasteiger partial charge >= 0.3 is 0 Å². The van der Waals surface area contributed by atoms with Crippen molar-refractivity contribution in [3.8, 4) is 0 Å². The maximum Gasteiger partial charge on any atom is 0.222 e. The van der Waals surface area contributed by atoms with E-state index < -0.39 is 0 Å². The Hall–Kier alpha value is -0.570. The van der Waals surface area contributed by atoms with E-state index in [4.69, 9.17) is 4.74 Å². The molecule has 1 aliphatic carbocycles. The molecule has 1 unspecified atom stereocenters. The molecule has 1 saturated carbocycles. The summed E-state index contributed by atoms with van der Waals surface area (Å²) in [5.74, 6) is 0.0893. The summed E-state index contributed by atoms with van der Waals surface area (Å²) >= 11 is 0. The fourth-order valence-corrected chi connectivity index (χ4v) is 2.15. The zero-order chi connectivity index (χ0) is 11.1. The van der Waals surface area contributed by atoms with Gasteiger partial charge in [-0.15, -0.1) is 0 Å². The minimum atomic E-state index is 0.0893. The fraction of sp³-hybridized carbons (Fsp3) is 0.917. The summed E-state index contributed by atoms with van der Waals surface area (Å²) in [7, 11) is 1.68. The van der Waals surface area contributed by atoms with Crippen LogP contribution < -0.4 is 5.32 Å². The number of carbonyl (C=O) groups is 1. The van der Waals surface area contributed by atoms with E-state index in [2.05, 4.69) is 12.2 Å². The fourth-order valence-electron chi connectivity index (χ4n) is 2.15. The Morgan fingerprint density at radius 2 is 2.13 bits per heavy atom. The van der Waals surface area contributed by atoms with Crippen LogP contribution in [-0.4, -0.2) is 25.2 Å². The third-order valence-electron chi connectivity index (χ3n) is 2.99. The van der Waals surface area contributed by atoms with Gasteiger partial charge in [0.05, 0.1) is 18.6 Å². The standard InChI is InChI=1S/C12H23NO2/c1-3-6-11(9-12(14)13-2)15-10-7-4-5-8-10/h10-11H,3-9H2,1-2H3,(H,13,14). The minimum absolute atomic E-state index is 0.0893. The monoisotopic (exact) mass is 213 g/mol. The average Bonchev–Trinajstić information content (AvgIpc) is 2.70. The van der Waals surface area contributed by atoms with Gasteiger partial charge in [0.1, 0.15) is 0 Å².